The van der Waals surface area contributed by atoms with Gasteiger partial charge >= 0.3 is 0 Å². The lowest BCUT2D eigenvalue weighted by Gasteiger charge is -2.36. The van der Waals surface area contributed by atoms with Crippen LogP contribution in [0, 0.1) is 0 Å². The second-order valence-corrected chi connectivity index (χ2v) is 4.27. The van der Waals surface area contributed by atoms with Crippen LogP contribution in [0.5, 0.6) is 17.2 Å². The average molecular weight is 267 g/mol. The summed E-state index contributed by atoms with van der Waals surface area (Å²) in [6.45, 7) is 0.687. The van der Waals surface area contributed by atoms with Crippen molar-refractivity contribution < 1.29 is 24.1 Å². The molecule has 6 heteroatoms. The summed E-state index contributed by atoms with van der Waals surface area (Å²) in [6.07, 6.45) is -0.435. The number of hydrogen-bond acceptors (Lipinski definition) is 5. The second kappa shape index (κ2) is 5.36. The van der Waals surface area contributed by atoms with E-state index in [1.165, 1.54) is 21.3 Å². The van der Waals surface area contributed by atoms with Crippen molar-refractivity contribution in [1.29, 1.82) is 0 Å². The van der Waals surface area contributed by atoms with E-state index < -0.39 is 6.10 Å². The van der Waals surface area contributed by atoms with Gasteiger partial charge in [0, 0.05) is 25.2 Å². The summed E-state index contributed by atoms with van der Waals surface area (Å²) in [4.78, 5) is 13.8. The Morgan fingerprint density at radius 1 is 1.11 bits per heavy atom. The van der Waals surface area contributed by atoms with Gasteiger partial charge in [-0.15, -0.1) is 0 Å². The van der Waals surface area contributed by atoms with Gasteiger partial charge in [0.15, 0.2) is 11.5 Å². The zero-order valence-electron chi connectivity index (χ0n) is 11.2. The molecule has 1 aromatic carbocycles. The first kappa shape index (κ1) is 13.5. The van der Waals surface area contributed by atoms with Crippen LogP contribution in [-0.2, 0) is 0 Å². The molecular weight excluding hydrogens is 250 g/mol. The maximum absolute atomic E-state index is 12.3. The lowest BCUT2D eigenvalue weighted by molar-refractivity contribution is 0.00568. The number of methoxy groups -OCH3 is 3. The molecule has 1 amide bonds. The van der Waals surface area contributed by atoms with E-state index >= 15 is 0 Å². The molecule has 0 bridgehead atoms. The van der Waals surface area contributed by atoms with Gasteiger partial charge in [0.25, 0.3) is 5.91 Å². The Balaban J connectivity index is 2.35. The molecule has 19 heavy (non-hydrogen) atoms. The van der Waals surface area contributed by atoms with Crippen molar-refractivity contribution in [3.63, 3.8) is 0 Å². The summed E-state index contributed by atoms with van der Waals surface area (Å²) >= 11 is 0. The van der Waals surface area contributed by atoms with Crippen LogP contribution in [0.15, 0.2) is 12.1 Å². The van der Waals surface area contributed by atoms with E-state index in [-0.39, 0.29) is 5.91 Å². The van der Waals surface area contributed by atoms with Crippen molar-refractivity contribution in [1.82, 2.24) is 4.90 Å². The summed E-state index contributed by atoms with van der Waals surface area (Å²) < 4.78 is 15.5. The smallest absolute Gasteiger partial charge is 0.257 e. The number of β-amino-alcohol motifs (C(OH)–C–C–N with tert-alkyl or cyclic N) is 1. The Kier molecular flexibility index (Phi) is 3.80. The SMILES string of the molecule is COc1cc(OC)c(C(=O)N2CC(O)C2)cc1OC. The van der Waals surface area contributed by atoms with Crippen molar-refractivity contribution >= 4 is 5.91 Å². The third-order valence-corrected chi connectivity index (χ3v) is 3.09. The number of ether oxygens (including phenoxy) is 3. The van der Waals surface area contributed by atoms with E-state index in [4.69, 9.17) is 14.2 Å². The van der Waals surface area contributed by atoms with Gasteiger partial charge in [-0.1, -0.05) is 0 Å². The van der Waals surface area contributed by atoms with Crippen LogP contribution < -0.4 is 14.2 Å². The van der Waals surface area contributed by atoms with E-state index in [9.17, 15) is 9.90 Å². The number of aliphatic hydroxyl groups excluding tert-OH is 1. The molecular formula is C13H17NO5. The minimum absolute atomic E-state index is 0.192. The second-order valence-electron chi connectivity index (χ2n) is 4.27. The van der Waals surface area contributed by atoms with Gasteiger partial charge in [-0.3, -0.25) is 4.79 Å². The van der Waals surface area contributed by atoms with Gasteiger partial charge in [-0.05, 0) is 0 Å². The molecule has 1 aliphatic rings. The highest BCUT2D eigenvalue weighted by Crippen LogP contribution is 2.35. The molecule has 0 radical (unpaired) electrons. The highest BCUT2D eigenvalue weighted by Gasteiger charge is 2.31. The monoisotopic (exact) mass is 267 g/mol. The number of nitrogens with zero attached hydrogens (tertiary/aromatic N) is 1. The van der Waals surface area contributed by atoms with E-state index in [0.29, 0.717) is 35.9 Å². The van der Waals surface area contributed by atoms with Crippen LogP contribution in [0.1, 0.15) is 10.4 Å². The van der Waals surface area contributed by atoms with Crippen LogP contribution in [0.4, 0.5) is 0 Å². The zero-order valence-corrected chi connectivity index (χ0v) is 11.2. The molecule has 6 nitrogen and oxygen atoms in total. The molecule has 0 aromatic heterocycles. The molecule has 0 atom stereocenters. The first-order valence-corrected chi connectivity index (χ1v) is 5.88. The van der Waals surface area contributed by atoms with Crippen molar-refractivity contribution in [3.8, 4) is 17.2 Å². The number of likely N-dealkylation sites (tertiary alicyclic amines) is 1. The van der Waals surface area contributed by atoms with E-state index in [1.54, 1.807) is 17.0 Å². The third kappa shape index (κ3) is 2.44. The van der Waals surface area contributed by atoms with Gasteiger partial charge in [0.05, 0.1) is 33.0 Å². The molecule has 0 aliphatic carbocycles. The Morgan fingerprint density at radius 2 is 1.63 bits per heavy atom. The Hall–Kier alpha value is -1.95. The van der Waals surface area contributed by atoms with Crippen LogP contribution in [0.2, 0.25) is 0 Å². The van der Waals surface area contributed by atoms with Crippen molar-refractivity contribution in [2.24, 2.45) is 0 Å². The van der Waals surface area contributed by atoms with Gasteiger partial charge in [0.1, 0.15) is 5.75 Å². The fourth-order valence-electron chi connectivity index (χ4n) is 1.99. The fraction of sp³-hybridized carbons (Fsp3) is 0.462. The highest BCUT2D eigenvalue weighted by atomic mass is 16.5. The standard InChI is InChI=1S/C13H17NO5/c1-17-10-5-12(19-3)11(18-2)4-9(10)13(16)14-6-8(15)7-14/h4-5,8,15H,6-7H2,1-3H3. The Labute approximate surface area is 111 Å². The van der Waals surface area contributed by atoms with Gasteiger partial charge in [-0.2, -0.15) is 0 Å². The number of carbonyl (C=O) groups is 1. The molecule has 0 saturated carbocycles. The molecule has 0 unspecified atom stereocenters. The van der Waals surface area contributed by atoms with Crippen LogP contribution in [0.25, 0.3) is 0 Å². The Morgan fingerprint density at radius 3 is 2.11 bits per heavy atom. The zero-order chi connectivity index (χ0) is 14.0. The lowest BCUT2D eigenvalue weighted by Crippen LogP contribution is -2.53. The number of hydrogen-bond donors (Lipinski definition) is 1. The predicted molar refractivity (Wildman–Crippen MR) is 68.0 cm³/mol. The minimum Gasteiger partial charge on any atom is -0.496 e. The highest BCUT2D eigenvalue weighted by molar-refractivity contribution is 5.98. The average Bonchev–Trinajstić information content (AvgIpc) is 2.41. The predicted octanol–water partition coefficient (Wildman–Crippen LogP) is 0.529. The maximum atomic E-state index is 12.3. The quantitative estimate of drug-likeness (QED) is 0.862. The fourth-order valence-corrected chi connectivity index (χ4v) is 1.99. The van der Waals surface area contributed by atoms with Crippen LogP contribution in [0.3, 0.4) is 0 Å². The Bertz CT molecular complexity index is 482. The molecule has 0 spiro atoms. The molecule has 1 aliphatic heterocycles. The molecule has 1 fully saturated rings. The molecule has 1 aromatic rings. The van der Waals surface area contributed by atoms with Gasteiger partial charge < -0.3 is 24.2 Å². The van der Waals surface area contributed by atoms with Crippen molar-refractivity contribution in [2.75, 3.05) is 34.4 Å². The summed E-state index contributed by atoms with van der Waals surface area (Å²) in [5, 5.41) is 9.25. The number of benzene rings is 1. The molecule has 1 saturated heterocycles. The number of aliphatic hydroxyl groups is 1. The molecule has 1 heterocycles. The third-order valence-electron chi connectivity index (χ3n) is 3.09. The van der Waals surface area contributed by atoms with Crippen LogP contribution >= 0.6 is 0 Å². The van der Waals surface area contributed by atoms with Crippen molar-refractivity contribution in [3.05, 3.63) is 17.7 Å². The number of carbonyl (C=O) groups excluding carboxylic acids is 1. The van der Waals surface area contributed by atoms with Gasteiger partial charge in [-0.25, -0.2) is 0 Å². The van der Waals surface area contributed by atoms with Crippen LogP contribution in [-0.4, -0.2) is 56.4 Å². The topological polar surface area (TPSA) is 68.2 Å². The van der Waals surface area contributed by atoms with E-state index in [0.717, 1.165) is 0 Å². The normalized spacial score (nSPS) is 14.8. The number of amides is 1. The summed E-state index contributed by atoms with van der Waals surface area (Å²) in [7, 11) is 4.51. The van der Waals surface area contributed by atoms with Crippen molar-refractivity contribution in [2.45, 2.75) is 6.10 Å². The van der Waals surface area contributed by atoms with E-state index in [2.05, 4.69) is 0 Å². The molecule has 104 valence electrons. The summed E-state index contributed by atoms with van der Waals surface area (Å²) in [5.41, 5.74) is 0.395. The summed E-state index contributed by atoms with van der Waals surface area (Å²) in [6, 6.07) is 3.20. The largest absolute Gasteiger partial charge is 0.496 e. The minimum atomic E-state index is -0.435. The first-order valence-electron chi connectivity index (χ1n) is 5.88. The first-order chi connectivity index (χ1) is 9.10. The maximum Gasteiger partial charge on any atom is 0.257 e. The number of rotatable bonds is 4. The molecule has 2 rings (SSSR count). The van der Waals surface area contributed by atoms with Gasteiger partial charge in [0.2, 0.25) is 0 Å². The summed E-state index contributed by atoms with van der Waals surface area (Å²) in [5.74, 6) is 1.19. The molecule has 1 N–H and O–H groups in total. The lowest BCUT2D eigenvalue weighted by atomic mass is 10.1. The van der Waals surface area contributed by atoms with E-state index in [1.807, 2.05) is 0 Å².